The van der Waals surface area contributed by atoms with Crippen LogP contribution in [-0.2, 0) is 0 Å². The van der Waals surface area contributed by atoms with Gasteiger partial charge in [-0.3, -0.25) is 5.10 Å². The first kappa shape index (κ1) is 12.3. The smallest absolute Gasteiger partial charge is 0.159 e. The molecule has 108 valence electrons. The van der Waals surface area contributed by atoms with Crippen molar-refractivity contribution in [2.45, 2.75) is 18.9 Å². The molecule has 0 amide bonds. The molecule has 0 spiro atoms. The molecule has 3 aromatic rings. The maximum Gasteiger partial charge on any atom is 0.159 e. The molecule has 1 unspecified atom stereocenters. The van der Waals surface area contributed by atoms with E-state index < -0.39 is 0 Å². The molecule has 4 N–H and O–H groups in total. The number of nitrogens with one attached hydrogen (secondary N) is 4. The van der Waals surface area contributed by atoms with Crippen molar-refractivity contribution >= 4 is 16.7 Å². The maximum absolute atomic E-state index is 4.45. The molecule has 21 heavy (non-hydrogen) atoms. The van der Waals surface area contributed by atoms with Crippen LogP contribution >= 0.6 is 0 Å². The van der Waals surface area contributed by atoms with Gasteiger partial charge >= 0.3 is 0 Å². The van der Waals surface area contributed by atoms with E-state index in [0.717, 1.165) is 47.6 Å². The zero-order valence-corrected chi connectivity index (χ0v) is 11.6. The predicted molar refractivity (Wildman–Crippen MR) is 81.0 cm³/mol. The molecule has 4 heterocycles. The molecule has 0 aliphatic carbocycles. The zero-order chi connectivity index (χ0) is 14.1. The highest BCUT2D eigenvalue weighted by Gasteiger charge is 2.18. The van der Waals surface area contributed by atoms with Gasteiger partial charge in [0.15, 0.2) is 5.82 Å². The van der Waals surface area contributed by atoms with E-state index in [9.17, 15) is 0 Å². The number of hydrogen-bond donors (Lipinski definition) is 4. The van der Waals surface area contributed by atoms with E-state index in [1.165, 1.54) is 12.7 Å². The van der Waals surface area contributed by atoms with Gasteiger partial charge in [0.1, 0.15) is 12.0 Å². The average Bonchev–Trinajstić information content (AvgIpc) is 3.20. The van der Waals surface area contributed by atoms with Crippen molar-refractivity contribution in [2.75, 3.05) is 18.4 Å². The summed E-state index contributed by atoms with van der Waals surface area (Å²) >= 11 is 0. The highest BCUT2D eigenvalue weighted by molar-refractivity contribution is 5.97. The Hall–Kier alpha value is -2.41. The Morgan fingerprint density at radius 2 is 2.29 bits per heavy atom. The summed E-state index contributed by atoms with van der Waals surface area (Å²) in [5.74, 6) is 0.733. The quantitative estimate of drug-likeness (QED) is 0.584. The number of hydrogen-bond acceptors (Lipinski definition) is 5. The lowest BCUT2D eigenvalue weighted by Gasteiger charge is -2.26. The molecule has 7 heteroatoms. The van der Waals surface area contributed by atoms with Gasteiger partial charge in [0, 0.05) is 30.4 Å². The van der Waals surface area contributed by atoms with Gasteiger partial charge < -0.3 is 15.6 Å². The third-order valence-electron chi connectivity index (χ3n) is 3.90. The van der Waals surface area contributed by atoms with Gasteiger partial charge in [-0.1, -0.05) is 0 Å². The van der Waals surface area contributed by atoms with E-state index in [4.69, 9.17) is 0 Å². The molecule has 0 aromatic carbocycles. The van der Waals surface area contributed by atoms with E-state index in [1.807, 2.05) is 18.5 Å². The summed E-state index contributed by atoms with van der Waals surface area (Å²) in [5, 5.41) is 15.0. The van der Waals surface area contributed by atoms with Crippen LogP contribution < -0.4 is 10.6 Å². The molecule has 1 atom stereocenters. The molecule has 0 saturated carbocycles. The molecule has 1 fully saturated rings. The van der Waals surface area contributed by atoms with Crippen molar-refractivity contribution < 1.29 is 0 Å². The number of aromatic nitrogens is 5. The first-order valence-electron chi connectivity index (χ1n) is 7.21. The van der Waals surface area contributed by atoms with Crippen molar-refractivity contribution in [1.82, 2.24) is 30.5 Å². The number of pyridine rings is 1. The second-order valence-corrected chi connectivity index (χ2v) is 5.31. The van der Waals surface area contributed by atoms with Crippen molar-refractivity contribution in [1.29, 1.82) is 0 Å². The largest absolute Gasteiger partial charge is 0.380 e. The standard InChI is InChI=1S/C14H17N7/c1-2-9(6-15-4-1)20-12-10-3-5-16-13(10)17-7-11(12)14-18-8-19-21-14/h3,5,7-9,15H,1-2,4,6H2,(H2,16,17,20)(H,18,19,21). The number of fused-ring (bicyclic) bond motifs is 1. The van der Waals surface area contributed by atoms with Crippen molar-refractivity contribution in [3.8, 4) is 11.4 Å². The summed E-state index contributed by atoms with van der Waals surface area (Å²) in [6, 6.07) is 2.46. The van der Waals surface area contributed by atoms with E-state index in [1.54, 1.807) is 0 Å². The Morgan fingerprint density at radius 1 is 1.29 bits per heavy atom. The van der Waals surface area contributed by atoms with Gasteiger partial charge in [-0.05, 0) is 25.5 Å². The highest BCUT2D eigenvalue weighted by atomic mass is 15.2. The lowest BCUT2D eigenvalue weighted by molar-refractivity contribution is 0.480. The lowest BCUT2D eigenvalue weighted by atomic mass is 10.1. The molecule has 7 nitrogen and oxygen atoms in total. The zero-order valence-electron chi connectivity index (χ0n) is 11.6. The molecule has 1 saturated heterocycles. The topological polar surface area (TPSA) is 94.3 Å². The number of nitrogens with zero attached hydrogens (tertiary/aromatic N) is 3. The molecule has 0 radical (unpaired) electrons. The average molecular weight is 283 g/mol. The van der Waals surface area contributed by atoms with Gasteiger partial charge in [-0.2, -0.15) is 5.10 Å². The summed E-state index contributed by atoms with van der Waals surface area (Å²) in [6.45, 7) is 2.08. The molecule has 0 bridgehead atoms. The third kappa shape index (κ3) is 2.25. The molecule has 4 rings (SSSR count). The molecular formula is C14H17N7. The van der Waals surface area contributed by atoms with E-state index >= 15 is 0 Å². The third-order valence-corrected chi connectivity index (χ3v) is 3.90. The summed E-state index contributed by atoms with van der Waals surface area (Å²) in [6.07, 6.45) is 7.61. The molecule has 1 aliphatic rings. The lowest BCUT2D eigenvalue weighted by Crippen LogP contribution is -2.38. The van der Waals surface area contributed by atoms with Gasteiger partial charge in [-0.15, -0.1) is 0 Å². The van der Waals surface area contributed by atoms with Crippen LogP contribution in [0.2, 0.25) is 0 Å². The molecule has 3 aromatic heterocycles. The monoisotopic (exact) mass is 283 g/mol. The number of piperidine rings is 1. The second-order valence-electron chi connectivity index (χ2n) is 5.31. The summed E-state index contributed by atoms with van der Waals surface area (Å²) < 4.78 is 0. The minimum Gasteiger partial charge on any atom is -0.380 e. The van der Waals surface area contributed by atoms with E-state index in [-0.39, 0.29) is 0 Å². The number of H-pyrrole nitrogens is 2. The Balaban J connectivity index is 1.79. The van der Waals surface area contributed by atoms with Crippen LogP contribution in [0, 0.1) is 0 Å². The predicted octanol–water partition coefficient (Wildman–Crippen LogP) is 1.51. The summed E-state index contributed by atoms with van der Waals surface area (Å²) in [4.78, 5) is 11.9. The Morgan fingerprint density at radius 3 is 3.10 bits per heavy atom. The fourth-order valence-electron chi connectivity index (χ4n) is 2.86. The normalized spacial score (nSPS) is 19.0. The maximum atomic E-state index is 4.45. The van der Waals surface area contributed by atoms with Gasteiger partial charge in [-0.25, -0.2) is 9.97 Å². The first-order valence-corrected chi connectivity index (χ1v) is 7.21. The van der Waals surface area contributed by atoms with Crippen LogP contribution in [0.5, 0.6) is 0 Å². The molecule has 1 aliphatic heterocycles. The van der Waals surface area contributed by atoms with Gasteiger partial charge in [0.25, 0.3) is 0 Å². The van der Waals surface area contributed by atoms with Crippen LogP contribution in [0.3, 0.4) is 0 Å². The van der Waals surface area contributed by atoms with Gasteiger partial charge in [0.2, 0.25) is 0 Å². The van der Waals surface area contributed by atoms with Crippen LogP contribution in [0.4, 0.5) is 5.69 Å². The highest BCUT2D eigenvalue weighted by Crippen LogP contribution is 2.32. The fourth-order valence-corrected chi connectivity index (χ4v) is 2.86. The Bertz CT molecular complexity index is 725. The van der Waals surface area contributed by atoms with E-state index in [0.29, 0.717) is 6.04 Å². The van der Waals surface area contributed by atoms with Crippen LogP contribution in [-0.4, -0.2) is 44.3 Å². The van der Waals surface area contributed by atoms with Crippen LogP contribution in [0.15, 0.2) is 24.8 Å². The summed E-state index contributed by atoms with van der Waals surface area (Å²) in [5.41, 5.74) is 2.89. The number of aromatic amines is 2. The molecular weight excluding hydrogens is 266 g/mol. The minimum absolute atomic E-state index is 0.418. The summed E-state index contributed by atoms with van der Waals surface area (Å²) in [7, 11) is 0. The van der Waals surface area contributed by atoms with Crippen molar-refractivity contribution in [2.24, 2.45) is 0 Å². The number of rotatable bonds is 3. The Labute approximate surface area is 121 Å². The first-order chi connectivity index (χ1) is 10.4. The minimum atomic E-state index is 0.418. The van der Waals surface area contributed by atoms with Crippen LogP contribution in [0.25, 0.3) is 22.4 Å². The number of anilines is 1. The Kier molecular flexibility index (Phi) is 3.04. The van der Waals surface area contributed by atoms with Crippen molar-refractivity contribution in [3.63, 3.8) is 0 Å². The van der Waals surface area contributed by atoms with Crippen LogP contribution in [0.1, 0.15) is 12.8 Å². The van der Waals surface area contributed by atoms with E-state index in [2.05, 4.69) is 35.8 Å². The second kappa shape index (κ2) is 5.17. The van der Waals surface area contributed by atoms with Gasteiger partial charge in [0.05, 0.1) is 11.3 Å². The SMILES string of the molecule is c1n[nH]c(-c2cnc3[nH]ccc3c2NC2CCCNC2)n1. The van der Waals surface area contributed by atoms with Crippen molar-refractivity contribution in [3.05, 3.63) is 24.8 Å². The fraction of sp³-hybridized carbons (Fsp3) is 0.357.